The van der Waals surface area contributed by atoms with Crippen molar-refractivity contribution in [3.05, 3.63) is 30.1 Å². The van der Waals surface area contributed by atoms with Crippen LogP contribution in [0, 0.1) is 12.1 Å². The Balaban J connectivity index is 2.01. The zero-order valence-corrected chi connectivity index (χ0v) is 8.81. The number of pyridine rings is 1. The predicted octanol–water partition coefficient (Wildman–Crippen LogP) is 0.586. The number of fused-ring (bicyclic) bond motifs is 1. The molecular formula is C12H13N2O2. The summed E-state index contributed by atoms with van der Waals surface area (Å²) in [6, 6.07) is 3.31. The van der Waals surface area contributed by atoms with Crippen molar-refractivity contribution in [2.24, 2.45) is 5.92 Å². The molecule has 2 heterocycles. The van der Waals surface area contributed by atoms with E-state index in [4.69, 9.17) is 0 Å². The highest BCUT2D eigenvalue weighted by Crippen LogP contribution is 2.59. The fourth-order valence-electron chi connectivity index (χ4n) is 3.02. The number of nitrogens with one attached hydrogen (secondary N) is 1. The lowest BCUT2D eigenvalue weighted by atomic mass is 9.83. The van der Waals surface area contributed by atoms with Gasteiger partial charge in [-0.15, -0.1) is 0 Å². The van der Waals surface area contributed by atoms with Gasteiger partial charge >= 0.3 is 5.97 Å². The van der Waals surface area contributed by atoms with E-state index in [-0.39, 0.29) is 5.41 Å². The first kappa shape index (κ1) is 9.78. The van der Waals surface area contributed by atoms with Gasteiger partial charge in [0.1, 0.15) is 6.04 Å². The molecule has 83 valence electrons. The van der Waals surface area contributed by atoms with Gasteiger partial charge in [-0.2, -0.15) is 0 Å². The van der Waals surface area contributed by atoms with Crippen molar-refractivity contribution in [2.75, 3.05) is 6.54 Å². The zero-order valence-electron chi connectivity index (χ0n) is 8.81. The van der Waals surface area contributed by atoms with Gasteiger partial charge in [-0.25, -0.2) is 0 Å². The van der Waals surface area contributed by atoms with Crippen molar-refractivity contribution in [1.29, 1.82) is 0 Å². The lowest BCUT2D eigenvalue weighted by Gasteiger charge is -2.30. The summed E-state index contributed by atoms with van der Waals surface area (Å²) in [5.41, 5.74) is 0.692. The molecule has 2 fully saturated rings. The maximum atomic E-state index is 11.3. The number of aromatic nitrogens is 1. The van der Waals surface area contributed by atoms with Gasteiger partial charge in [-0.1, -0.05) is 6.07 Å². The van der Waals surface area contributed by atoms with Crippen molar-refractivity contribution in [3.63, 3.8) is 0 Å². The second-order valence-electron chi connectivity index (χ2n) is 4.62. The predicted molar refractivity (Wildman–Crippen MR) is 56.9 cm³/mol. The normalized spacial score (nSPS) is 36.5. The van der Waals surface area contributed by atoms with Crippen molar-refractivity contribution >= 4 is 5.97 Å². The van der Waals surface area contributed by atoms with Crippen molar-refractivity contribution in [3.8, 4) is 0 Å². The monoisotopic (exact) mass is 217 g/mol. The summed E-state index contributed by atoms with van der Waals surface area (Å²) in [5, 5.41) is 12.4. The van der Waals surface area contributed by atoms with E-state index in [0.717, 1.165) is 24.9 Å². The average molecular weight is 217 g/mol. The summed E-state index contributed by atoms with van der Waals surface area (Å²) in [7, 11) is 0. The Morgan fingerprint density at radius 1 is 1.69 bits per heavy atom. The number of piperidine rings is 1. The van der Waals surface area contributed by atoms with Crippen molar-refractivity contribution in [2.45, 2.75) is 24.3 Å². The molecular weight excluding hydrogens is 204 g/mol. The van der Waals surface area contributed by atoms with E-state index < -0.39 is 12.0 Å². The number of rotatable bonds is 2. The van der Waals surface area contributed by atoms with Gasteiger partial charge in [0, 0.05) is 11.6 Å². The zero-order chi connectivity index (χ0) is 11.2. The molecule has 1 aliphatic heterocycles. The summed E-state index contributed by atoms with van der Waals surface area (Å²) < 4.78 is 0. The van der Waals surface area contributed by atoms with Gasteiger partial charge in [0.15, 0.2) is 0 Å². The summed E-state index contributed by atoms with van der Waals surface area (Å²) in [5.74, 6) is -0.283. The minimum atomic E-state index is -0.764. The molecule has 2 N–H and O–H groups in total. The SMILES string of the molecule is O=C(O)C1NCCC2CC21c1[c]nccc1. The van der Waals surface area contributed by atoms with Crippen LogP contribution in [0.5, 0.6) is 0 Å². The first-order chi connectivity index (χ1) is 7.75. The van der Waals surface area contributed by atoms with Gasteiger partial charge in [-0.05, 0) is 36.9 Å². The van der Waals surface area contributed by atoms with E-state index in [1.54, 1.807) is 6.20 Å². The third kappa shape index (κ3) is 1.19. The molecule has 16 heavy (non-hydrogen) atoms. The largest absolute Gasteiger partial charge is 0.480 e. The molecule has 1 aromatic rings. The molecule has 4 heteroatoms. The first-order valence-corrected chi connectivity index (χ1v) is 5.54. The van der Waals surface area contributed by atoms with Crippen LogP contribution in [0.2, 0.25) is 0 Å². The van der Waals surface area contributed by atoms with E-state index in [2.05, 4.69) is 16.5 Å². The van der Waals surface area contributed by atoms with Gasteiger partial charge in [-0.3, -0.25) is 9.78 Å². The second-order valence-corrected chi connectivity index (χ2v) is 4.62. The van der Waals surface area contributed by atoms with E-state index in [1.165, 1.54) is 0 Å². The standard InChI is InChI=1S/C12H13N2O2/c15-11(16)10-12(6-8(12)3-5-14-10)9-2-1-4-13-7-9/h1-2,4,8,10,14H,3,5-6H2,(H,15,16). The molecule has 1 radical (unpaired) electrons. The van der Waals surface area contributed by atoms with Crippen LogP contribution in [0.4, 0.5) is 0 Å². The Bertz CT molecular complexity index is 420. The van der Waals surface area contributed by atoms with Crippen molar-refractivity contribution in [1.82, 2.24) is 10.3 Å². The summed E-state index contributed by atoms with van der Waals surface area (Å²) in [6.45, 7) is 0.795. The fraction of sp³-hybridized carbons (Fsp3) is 0.500. The van der Waals surface area contributed by atoms with Gasteiger partial charge in [0.25, 0.3) is 0 Å². The molecule has 1 saturated carbocycles. The van der Waals surface area contributed by atoms with E-state index in [9.17, 15) is 9.90 Å². The molecule has 0 aromatic carbocycles. The Labute approximate surface area is 93.7 Å². The van der Waals surface area contributed by atoms with Crippen LogP contribution < -0.4 is 5.32 Å². The Morgan fingerprint density at radius 3 is 3.25 bits per heavy atom. The van der Waals surface area contributed by atoms with Crippen LogP contribution in [0.15, 0.2) is 18.3 Å². The molecule has 0 amide bonds. The molecule has 2 aliphatic rings. The molecule has 0 spiro atoms. The molecule has 1 aliphatic carbocycles. The quantitative estimate of drug-likeness (QED) is 0.761. The Kier molecular flexibility index (Phi) is 2.01. The molecule has 3 rings (SSSR count). The maximum absolute atomic E-state index is 11.3. The highest BCUT2D eigenvalue weighted by Gasteiger charge is 2.63. The number of aliphatic carboxylic acids is 1. The number of nitrogens with zero attached hydrogens (tertiary/aromatic N) is 1. The second kappa shape index (κ2) is 3.28. The summed E-state index contributed by atoms with van der Waals surface area (Å²) in [4.78, 5) is 15.3. The Morgan fingerprint density at radius 2 is 2.56 bits per heavy atom. The smallest absolute Gasteiger partial charge is 0.321 e. The van der Waals surface area contributed by atoms with E-state index in [0.29, 0.717) is 5.92 Å². The highest BCUT2D eigenvalue weighted by molar-refractivity contribution is 5.77. The van der Waals surface area contributed by atoms with E-state index >= 15 is 0 Å². The van der Waals surface area contributed by atoms with Crippen LogP contribution in [-0.2, 0) is 10.2 Å². The number of hydrogen-bond acceptors (Lipinski definition) is 3. The topological polar surface area (TPSA) is 62.2 Å². The maximum Gasteiger partial charge on any atom is 0.321 e. The minimum absolute atomic E-state index is 0.252. The summed E-state index contributed by atoms with van der Waals surface area (Å²) >= 11 is 0. The first-order valence-electron chi connectivity index (χ1n) is 5.54. The molecule has 3 unspecified atom stereocenters. The molecule has 3 atom stereocenters. The van der Waals surface area contributed by atoms with Gasteiger partial charge in [0.2, 0.25) is 0 Å². The lowest BCUT2D eigenvalue weighted by molar-refractivity contribution is -0.141. The molecule has 0 bridgehead atoms. The van der Waals surface area contributed by atoms with Gasteiger partial charge in [0.05, 0.1) is 6.20 Å². The van der Waals surface area contributed by atoms with Crippen LogP contribution >= 0.6 is 0 Å². The number of carboxylic acids is 1. The minimum Gasteiger partial charge on any atom is -0.480 e. The van der Waals surface area contributed by atoms with Crippen molar-refractivity contribution < 1.29 is 9.90 Å². The number of carboxylic acid groups (broad SMARTS) is 1. The van der Waals surface area contributed by atoms with Crippen LogP contribution in [0.1, 0.15) is 18.4 Å². The fourth-order valence-corrected chi connectivity index (χ4v) is 3.02. The molecule has 1 aromatic heterocycles. The van der Waals surface area contributed by atoms with Crippen LogP contribution in [0.25, 0.3) is 0 Å². The average Bonchev–Trinajstić information content (AvgIpc) is 3.05. The third-order valence-electron chi connectivity index (χ3n) is 3.87. The number of carbonyl (C=O) groups is 1. The third-order valence-corrected chi connectivity index (χ3v) is 3.87. The molecule has 4 nitrogen and oxygen atoms in total. The molecule has 1 saturated heterocycles. The summed E-state index contributed by atoms with van der Waals surface area (Å²) in [6.07, 6.45) is 6.61. The van der Waals surface area contributed by atoms with Gasteiger partial charge < -0.3 is 10.4 Å². The Hall–Kier alpha value is -1.42. The highest BCUT2D eigenvalue weighted by atomic mass is 16.4. The lowest BCUT2D eigenvalue weighted by Crippen LogP contribution is -2.50. The van der Waals surface area contributed by atoms with Crippen LogP contribution in [-0.4, -0.2) is 28.6 Å². The van der Waals surface area contributed by atoms with Crippen LogP contribution in [0.3, 0.4) is 0 Å². The number of hydrogen-bond donors (Lipinski definition) is 2. The van der Waals surface area contributed by atoms with E-state index in [1.807, 2.05) is 12.1 Å².